The molecule has 1 aliphatic rings. The number of carboxylic acids is 1. The third-order valence-electron chi connectivity index (χ3n) is 3.17. The molecule has 0 spiro atoms. The van der Waals surface area contributed by atoms with Gasteiger partial charge in [0.05, 0.1) is 17.6 Å². The molecule has 1 aliphatic carbocycles. The molecule has 5 heteroatoms. The van der Waals surface area contributed by atoms with Crippen LogP contribution in [-0.4, -0.2) is 29.7 Å². The van der Waals surface area contributed by atoms with Crippen molar-refractivity contribution in [1.82, 2.24) is 0 Å². The Labute approximate surface area is 111 Å². The molecule has 2 rings (SSSR count). The quantitative estimate of drug-likeness (QED) is 0.852. The third kappa shape index (κ3) is 3.12. The second-order valence-corrected chi connectivity index (χ2v) is 4.66. The first kappa shape index (κ1) is 13.5. The number of aryl methyl sites for hydroxylation is 1. The van der Waals surface area contributed by atoms with Crippen LogP contribution in [0.15, 0.2) is 18.2 Å². The molecule has 1 amide bonds. The van der Waals surface area contributed by atoms with Gasteiger partial charge in [-0.15, -0.1) is 0 Å². The Balaban J connectivity index is 1.99. The van der Waals surface area contributed by atoms with Gasteiger partial charge in [-0.05, 0) is 44.0 Å². The lowest BCUT2D eigenvalue weighted by molar-refractivity contribution is -0.118. The van der Waals surface area contributed by atoms with Crippen molar-refractivity contribution in [3.63, 3.8) is 0 Å². The van der Waals surface area contributed by atoms with Gasteiger partial charge in [0, 0.05) is 12.3 Å². The molecule has 0 radical (unpaired) electrons. The fourth-order valence-corrected chi connectivity index (χ4v) is 2.06. The second-order valence-electron chi connectivity index (χ2n) is 4.66. The summed E-state index contributed by atoms with van der Waals surface area (Å²) in [6.07, 6.45) is 0.788. The molecule has 0 aromatic heterocycles. The predicted octanol–water partition coefficient (Wildman–Crippen LogP) is 2.06. The molecule has 1 fully saturated rings. The van der Waals surface area contributed by atoms with Crippen LogP contribution < -0.4 is 5.32 Å². The van der Waals surface area contributed by atoms with Crippen molar-refractivity contribution in [2.45, 2.75) is 26.4 Å². The minimum absolute atomic E-state index is 0.0318. The average Bonchev–Trinajstić information content (AvgIpc) is 3.08. The standard InChI is InChI=1S/C14H17NO4/c1-3-19-12-7-11(12)13(16)15-9-4-5-10(14(17)18)8(2)6-9/h4-6,11-12H,3,7H2,1-2H3,(H,15,16)(H,17,18). The molecule has 0 aliphatic heterocycles. The first-order valence-electron chi connectivity index (χ1n) is 6.29. The topological polar surface area (TPSA) is 75.6 Å². The fourth-order valence-electron chi connectivity index (χ4n) is 2.06. The second kappa shape index (κ2) is 5.40. The van der Waals surface area contributed by atoms with Crippen LogP contribution in [0.4, 0.5) is 5.69 Å². The highest BCUT2D eigenvalue weighted by atomic mass is 16.5. The molecule has 0 bridgehead atoms. The lowest BCUT2D eigenvalue weighted by Crippen LogP contribution is -2.17. The largest absolute Gasteiger partial charge is 0.478 e. The molecule has 1 aromatic carbocycles. The number of anilines is 1. The van der Waals surface area contributed by atoms with Crippen molar-refractivity contribution in [1.29, 1.82) is 0 Å². The Morgan fingerprint density at radius 3 is 2.79 bits per heavy atom. The lowest BCUT2D eigenvalue weighted by Gasteiger charge is -2.07. The molecule has 2 unspecified atom stereocenters. The predicted molar refractivity (Wildman–Crippen MR) is 70.3 cm³/mol. The molecule has 19 heavy (non-hydrogen) atoms. The summed E-state index contributed by atoms with van der Waals surface area (Å²) in [5, 5.41) is 11.7. The summed E-state index contributed by atoms with van der Waals surface area (Å²) in [4.78, 5) is 22.8. The lowest BCUT2D eigenvalue weighted by atomic mass is 10.1. The molecule has 0 saturated heterocycles. The summed E-state index contributed by atoms with van der Waals surface area (Å²) in [5.41, 5.74) is 1.49. The summed E-state index contributed by atoms with van der Waals surface area (Å²) < 4.78 is 5.36. The highest BCUT2D eigenvalue weighted by molar-refractivity contribution is 5.96. The van der Waals surface area contributed by atoms with E-state index in [0.29, 0.717) is 17.9 Å². The van der Waals surface area contributed by atoms with E-state index in [2.05, 4.69) is 5.32 Å². The summed E-state index contributed by atoms with van der Waals surface area (Å²) in [6.45, 7) is 4.22. The molecule has 2 atom stereocenters. The minimum atomic E-state index is -0.964. The van der Waals surface area contributed by atoms with Gasteiger partial charge in [0.15, 0.2) is 0 Å². The van der Waals surface area contributed by atoms with Crippen molar-refractivity contribution in [3.05, 3.63) is 29.3 Å². The van der Waals surface area contributed by atoms with Gasteiger partial charge in [-0.3, -0.25) is 4.79 Å². The molecule has 1 saturated carbocycles. The van der Waals surface area contributed by atoms with Crippen LogP contribution in [0.3, 0.4) is 0 Å². The van der Waals surface area contributed by atoms with Gasteiger partial charge >= 0.3 is 5.97 Å². The monoisotopic (exact) mass is 263 g/mol. The molecule has 2 N–H and O–H groups in total. The molecule has 5 nitrogen and oxygen atoms in total. The Morgan fingerprint density at radius 2 is 2.21 bits per heavy atom. The van der Waals surface area contributed by atoms with Crippen molar-refractivity contribution in [3.8, 4) is 0 Å². The zero-order chi connectivity index (χ0) is 14.0. The van der Waals surface area contributed by atoms with Gasteiger partial charge in [0.1, 0.15) is 0 Å². The van der Waals surface area contributed by atoms with Gasteiger partial charge in [0.2, 0.25) is 5.91 Å². The number of amides is 1. The van der Waals surface area contributed by atoms with E-state index in [9.17, 15) is 9.59 Å². The third-order valence-corrected chi connectivity index (χ3v) is 3.17. The number of hydrogen-bond acceptors (Lipinski definition) is 3. The van der Waals surface area contributed by atoms with Gasteiger partial charge in [-0.25, -0.2) is 4.79 Å². The molecular formula is C14H17NO4. The number of hydrogen-bond donors (Lipinski definition) is 2. The van der Waals surface area contributed by atoms with E-state index in [1.807, 2.05) is 6.92 Å². The number of rotatable bonds is 5. The first-order chi connectivity index (χ1) is 9.02. The highest BCUT2D eigenvalue weighted by Gasteiger charge is 2.43. The van der Waals surface area contributed by atoms with Crippen LogP contribution in [0.25, 0.3) is 0 Å². The Kier molecular flexibility index (Phi) is 3.85. The van der Waals surface area contributed by atoms with Gasteiger partial charge in [-0.2, -0.15) is 0 Å². The van der Waals surface area contributed by atoms with Crippen LogP contribution in [-0.2, 0) is 9.53 Å². The summed E-state index contributed by atoms with van der Waals surface area (Å²) >= 11 is 0. The zero-order valence-corrected chi connectivity index (χ0v) is 11.0. The Hall–Kier alpha value is -1.88. The average molecular weight is 263 g/mol. The van der Waals surface area contributed by atoms with Crippen molar-refractivity contribution < 1.29 is 19.4 Å². The SMILES string of the molecule is CCOC1CC1C(=O)Nc1ccc(C(=O)O)c(C)c1. The Morgan fingerprint density at radius 1 is 1.47 bits per heavy atom. The van der Waals surface area contributed by atoms with Crippen LogP contribution in [0.1, 0.15) is 29.3 Å². The summed E-state index contributed by atoms with van der Waals surface area (Å²) in [7, 11) is 0. The molecular weight excluding hydrogens is 246 g/mol. The normalized spacial score (nSPS) is 20.9. The maximum absolute atomic E-state index is 11.9. The van der Waals surface area contributed by atoms with Gasteiger partial charge in [0.25, 0.3) is 0 Å². The highest BCUT2D eigenvalue weighted by Crippen LogP contribution is 2.34. The van der Waals surface area contributed by atoms with E-state index in [4.69, 9.17) is 9.84 Å². The van der Waals surface area contributed by atoms with Crippen LogP contribution in [0.5, 0.6) is 0 Å². The van der Waals surface area contributed by atoms with Gasteiger partial charge < -0.3 is 15.2 Å². The van der Waals surface area contributed by atoms with E-state index in [1.165, 1.54) is 6.07 Å². The molecule has 102 valence electrons. The van der Waals surface area contributed by atoms with E-state index in [-0.39, 0.29) is 23.5 Å². The maximum atomic E-state index is 11.9. The van der Waals surface area contributed by atoms with Crippen LogP contribution >= 0.6 is 0 Å². The molecule has 1 aromatic rings. The fraction of sp³-hybridized carbons (Fsp3) is 0.429. The number of aromatic carboxylic acids is 1. The minimum Gasteiger partial charge on any atom is -0.478 e. The number of nitrogens with one attached hydrogen (secondary N) is 1. The van der Waals surface area contributed by atoms with E-state index in [0.717, 1.165) is 6.42 Å². The van der Waals surface area contributed by atoms with E-state index < -0.39 is 5.97 Å². The smallest absolute Gasteiger partial charge is 0.335 e. The zero-order valence-electron chi connectivity index (χ0n) is 11.0. The number of carbonyl (C=O) groups is 2. The van der Waals surface area contributed by atoms with E-state index in [1.54, 1.807) is 19.1 Å². The van der Waals surface area contributed by atoms with Crippen molar-refractivity contribution in [2.75, 3.05) is 11.9 Å². The number of carbonyl (C=O) groups excluding carboxylic acids is 1. The number of benzene rings is 1. The van der Waals surface area contributed by atoms with Crippen molar-refractivity contribution in [2.24, 2.45) is 5.92 Å². The van der Waals surface area contributed by atoms with Crippen LogP contribution in [0, 0.1) is 12.8 Å². The molecule has 0 heterocycles. The number of ether oxygens (including phenoxy) is 1. The van der Waals surface area contributed by atoms with E-state index >= 15 is 0 Å². The number of carboxylic acid groups (broad SMARTS) is 1. The van der Waals surface area contributed by atoms with Gasteiger partial charge in [-0.1, -0.05) is 0 Å². The maximum Gasteiger partial charge on any atom is 0.335 e. The Bertz CT molecular complexity index is 512. The summed E-state index contributed by atoms with van der Waals surface area (Å²) in [6, 6.07) is 4.77. The van der Waals surface area contributed by atoms with Crippen molar-refractivity contribution >= 4 is 17.6 Å². The van der Waals surface area contributed by atoms with Crippen LogP contribution in [0.2, 0.25) is 0 Å². The summed E-state index contributed by atoms with van der Waals surface area (Å²) in [5.74, 6) is -1.12. The first-order valence-corrected chi connectivity index (χ1v) is 6.29.